The third-order valence-corrected chi connectivity index (χ3v) is 3.31. The first-order valence-electron chi connectivity index (χ1n) is 6.74. The summed E-state index contributed by atoms with van der Waals surface area (Å²) in [5, 5.41) is 2.71. The lowest BCUT2D eigenvalue weighted by atomic mass is 9.86. The van der Waals surface area contributed by atoms with Crippen molar-refractivity contribution >= 4 is 23.3 Å². The predicted octanol–water partition coefficient (Wildman–Crippen LogP) is 2.33. The van der Waals surface area contributed by atoms with Crippen LogP contribution in [0.25, 0.3) is 0 Å². The highest BCUT2D eigenvalue weighted by atomic mass is 16.1. The third kappa shape index (κ3) is 4.15. The lowest BCUT2D eigenvalue weighted by Gasteiger charge is -2.18. The number of rotatable bonds is 3. The van der Waals surface area contributed by atoms with Crippen LogP contribution in [0, 0.1) is 0 Å². The van der Waals surface area contributed by atoms with Crippen LogP contribution >= 0.6 is 0 Å². The average molecular weight is 300 g/mol. The van der Waals surface area contributed by atoms with Gasteiger partial charge in [0.15, 0.2) is 5.78 Å². The number of fused-ring (bicyclic) bond motifs is 1. The van der Waals surface area contributed by atoms with E-state index in [-0.39, 0.29) is 17.1 Å². The fourth-order valence-corrected chi connectivity index (χ4v) is 2.21. The maximum absolute atomic E-state index is 11.8. The second-order valence-corrected chi connectivity index (χ2v) is 5.54. The summed E-state index contributed by atoms with van der Waals surface area (Å²) in [5.41, 5.74) is 6.86. The number of Topliss-reactive ketones (excluding diaryl/α,β-unsaturated/α-hetero) is 1. The van der Waals surface area contributed by atoms with Crippen molar-refractivity contribution < 1.29 is 14.4 Å². The second kappa shape index (κ2) is 6.85. The van der Waals surface area contributed by atoms with Gasteiger partial charge in [0.2, 0.25) is 11.8 Å². The molecule has 0 saturated carbocycles. The first kappa shape index (κ1) is 17.4. The summed E-state index contributed by atoms with van der Waals surface area (Å²) in [4.78, 5) is 32.5. The fraction of sp³-hybridized carbons (Fsp3) is 0.235. The molecule has 0 spiro atoms. The van der Waals surface area contributed by atoms with Crippen LogP contribution in [0.15, 0.2) is 43.5 Å². The Morgan fingerprint density at radius 3 is 2.36 bits per heavy atom. The molecule has 0 unspecified atom stereocenters. The molecular weight excluding hydrogens is 280 g/mol. The van der Waals surface area contributed by atoms with Gasteiger partial charge in [0.05, 0.1) is 0 Å². The molecule has 5 heteroatoms. The Morgan fingerprint density at radius 2 is 1.86 bits per heavy atom. The standard InChI is InChI=1S/C14H15NO2.C3H5NO/c1-4-13(17)15-9-5-6-10-11(7-9)14(2,3)8-12(10)16;1-2-3(4)5/h4-7H,1,8H2,2-3H3,(H,15,17);2H,1H2,(H2,4,5). The van der Waals surface area contributed by atoms with Gasteiger partial charge in [0.1, 0.15) is 0 Å². The molecular formula is C17H20N2O3. The minimum atomic E-state index is -0.481. The van der Waals surface area contributed by atoms with E-state index in [1.807, 2.05) is 19.9 Å². The van der Waals surface area contributed by atoms with Gasteiger partial charge in [0.25, 0.3) is 0 Å². The molecule has 1 aliphatic rings. The van der Waals surface area contributed by atoms with Crippen molar-refractivity contribution in [2.75, 3.05) is 5.32 Å². The van der Waals surface area contributed by atoms with Gasteiger partial charge in [0, 0.05) is 17.7 Å². The van der Waals surface area contributed by atoms with Gasteiger partial charge in [-0.15, -0.1) is 0 Å². The van der Waals surface area contributed by atoms with Crippen molar-refractivity contribution in [1.82, 2.24) is 0 Å². The van der Waals surface area contributed by atoms with Crippen LogP contribution in [0.1, 0.15) is 36.2 Å². The number of carbonyl (C=O) groups is 3. The van der Waals surface area contributed by atoms with E-state index in [1.165, 1.54) is 6.08 Å². The normalized spacial score (nSPS) is 14.2. The molecule has 0 bridgehead atoms. The number of nitrogens with two attached hydrogens (primary N) is 1. The van der Waals surface area contributed by atoms with Crippen LogP contribution in [0.2, 0.25) is 0 Å². The summed E-state index contributed by atoms with van der Waals surface area (Å²) in [5.74, 6) is -0.552. The van der Waals surface area contributed by atoms with E-state index in [2.05, 4.69) is 24.2 Å². The quantitative estimate of drug-likeness (QED) is 0.840. The monoisotopic (exact) mass is 300 g/mol. The lowest BCUT2D eigenvalue weighted by Crippen LogP contribution is -2.13. The molecule has 2 amide bonds. The minimum absolute atomic E-state index is 0.151. The van der Waals surface area contributed by atoms with E-state index in [0.717, 1.165) is 17.2 Å². The summed E-state index contributed by atoms with van der Waals surface area (Å²) >= 11 is 0. The third-order valence-electron chi connectivity index (χ3n) is 3.31. The van der Waals surface area contributed by atoms with Crippen LogP contribution in [0.5, 0.6) is 0 Å². The molecule has 0 heterocycles. The molecule has 5 nitrogen and oxygen atoms in total. The molecule has 0 aromatic heterocycles. The van der Waals surface area contributed by atoms with Gasteiger partial charge >= 0.3 is 0 Å². The van der Waals surface area contributed by atoms with Crippen LogP contribution in [0.4, 0.5) is 5.69 Å². The Kier molecular flexibility index (Phi) is 5.40. The number of ketones is 1. The molecule has 1 aromatic rings. The molecule has 2 rings (SSSR count). The number of hydrogen-bond donors (Lipinski definition) is 2. The van der Waals surface area contributed by atoms with Gasteiger partial charge < -0.3 is 11.1 Å². The summed E-state index contributed by atoms with van der Waals surface area (Å²) in [6, 6.07) is 5.41. The Bertz CT molecular complexity index is 645. The smallest absolute Gasteiger partial charge is 0.247 e. The van der Waals surface area contributed by atoms with Crippen molar-refractivity contribution in [3.8, 4) is 0 Å². The molecule has 0 saturated heterocycles. The number of primary amides is 1. The molecule has 0 aliphatic heterocycles. The second-order valence-electron chi connectivity index (χ2n) is 5.54. The highest BCUT2D eigenvalue weighted by Crippen LogP contribution is 2.39. The summed E-state index contributed by atoms with van der Waals surface area (Å²) in [7, 11) is 0. The zero-order chi connectivity index (χ0) is 16.9. The largest absolute Gasteiger partial charge is 0.366 e. The summed E-state index contributed by atoms with van der Waals surface area (Å²) < 4.78 is 0. The Morgan fingerprint density at radius 1 is 1.27 bits per heavy atom. The lowest BCUT2D eigenvalue weighted by molar-refractivity contribution is -0.113. The van der Waals surface area contributed by atoms with Crippen LogP contribution in [0.3, 0.4) is 0 Å². The Labute approximate surface area is 129 Å². The topological polar surface area (TPSA) is 89.3 Å². The van der Waals surface area contributed by atoms with Crippen molar-refractivity contribution in [1.29, 1.82) is 0 Å². The van der Waals surface area contributed by atoms with E-state index in [0.29, 0.717) is 12.1 Å². The number of hydrogen-bond acceptors (Lipinski definition) is 3. The number of carbonyl (C=O) groups excluding carboxylic acids is 3. The SMILES string of the molecule is C=CC(=O)Nc1ccc2c(c1)C(C)(C)CC2=O.C=CC(N)=O. The van der Waals surface area contributed by atoms with Crippen molar-refractivity contribution in [3.63, 3.8) is 0 Å². The van der Waals surface area contributed by atoms with Gasteiger partial charge in [-0.1, -0.05) is 27.0 Å². The molecule has 0 atom stereocenters. The van der Waals surface area contributed by atoms with E-state index in [1.54, 1.807) is 12.1 Å². The number of anilines is 1. The summed E-state index contributed by atoms with van der Waals surface area (Å²) in [6.45, 7) is 10.6. The van der Waals surface area contributed by atoms with Gasteiger partial charge in [-0.05, 0) is 41.3 Å². The van der Waals surface area contributed by atoms with Gasteiger partial charge in [-0.2, -0.15) is 0 Å². The molecule has 1 aromatic carbocycles. The molecule has 1 aliphatic carbocycles. The molecule has 22 heavy (non-hydrogen) atoms. The molecule has 0 fully saturated rings. The summed E-state index contributed by atoms with van der Waals surface area (Å²) in [6.07, 6.45) is 2.81. The maximum atomic E-state index is 11.8. The number of benzene rings is 1. The maximum Gasteiger partial charge on any atom is 0.247 e. The van der Waals surface area contributed by atoms with Crippen molar-refractivity contribution in [2.24, 2.45) is 5.73 Å². The molecule has 0 radical (unpaired) electrons. The van der Waals surface area contributed by atoms with Crippen molar-refractivity contribution in [2.45, 2.75) is 25.7 Å². The zero-order valence-corrected chi connectivity index (χ0v) is 12.8. The first-order chi connectivity index (χ1) is 10.2. The van der Waals surface area contributed by atoms with E-state index < -0.39 is 5.91 Å². The molecule has 3 N–H and O–H groups in total. The molecule has 116 valence electrons. The van der Waals surface area contributed by atoms with Gasteiger partial charge in [-0.3, -0.25) is 14.4 Å². The van der Waals surface area contributed by atoms with Crippen molar-refractivity contribution in [3.05, 3.63) is 54.6 Å². The Hall–Kier alpha value is -2.69. The Balaban J connectivity index is 0.000000422. The number of nitrogens with one attached hydrogen (secondary N) is 1. The van der Waals surface area contributed by atoms with Crippen LogP contribution < -0.4 is 11.1 Å². The average Bonchev–Trinajstić information content (AvgIpc) is 2.69. The van der Waals surface area contributed by atoms with Gasteiger partial charge in [-0.25, -0.2) is 0 Å². The highest BCUT2D eigenvalue weighted by molar-refractivity contribution is 6.04. The highest BCUT2D eigenvalue weighted by Gasteiger charge is 2.35. The van der Waals surface area contributed by atoms with E-state index >= 15 is 0 Å². The van der Waals surface area contributed by atoms with Crippen LogP contribution in [-0.4, -0.2) is 17.6 Å². The van der Waals surface area contributed by atoms with E-state index in [9.17, 15) is 14.4 Å². The predicted molar refractivity (Wildman–Crippen MR) is 86.6 cm³/mol. The first-order valence-corrected chi connectivity index (χ1v) is 6.74. The minimum Gasteiger partial charge on any atom is -0.366 e. The van der Waals surface area contributed by atoms with Crippen LogP contribution in [-0.2, 0) is 15.0 Å². The fourth-order valence-electron chi connectivity index (χ4n) is 2.21. The van der Waals surface area contributed by atoms with E-state index in [4.69, 9.17) is 0 Å². The number of amides is 2. The zero-order valence-electron chi connectivity index (χ0n) is 12.8.